The van der Waals surface area contributed by atoms with E-state index in [9.17, 15) is 17.6 Å². The Labute approximate surface area is 199 Å². The van der Waals surface area contributed by atoms with Gasteiger partial charge in [-0.1, -0.05) is 18.2 Å². The monoisotopic (exact) mass is 491 g/mol. The van der Waals surface area contributed by atoms with Gasteiger partial charge in [0, 0.05) is 32.7 Å². The van der Waals surface area contributed by atoms with E-state index >= 15 is 0 Å². The number of carbonyl (C=O) groups excluding carboxylic acids is 1. The lowest BCUT2D eigenvalue weighted by Crippen LogP contribution is -2.40. The van der Waals surface area contributed by atoms with Crippen LogP contribution < -0.4 is 10.6 Å². The van der Waals surface area contributed by atoms with Crippen LogP contribution in [0, 0.1) is 5.82 Å². The summed E-state index contributed by atoms with van der Waals surface area (Å²) >= 11 is 0. The zero-order valence-corrected chi connectivity index (χ0v) is 19.8. The van der Waals surface area contributed by atoms with E-state index in [2.05, 4.69) is 10.6 Å². The summed E-state index contributed by atoms with van der Waals surface area (Å²) in [5.74, 6) is -0.683. The third kappa shape index (κ3) is 6.12. The Hall–Kier alpha value is -2.53. The van der Waals surface area contributed by atoms with Crippen molar-refractivity contribution < 1.29 is 27.1 Å². The summed E-state index contributed by atoms with van der Waals surface area (Å²) in [6, 6.07) is 11.0. The van der Waals surface area contributed by atoms with Gasteiger partial charge in [0.1, 0.15) is 5.82 Å². The summed E-state index contributed by atoms with van der Waals surface area (Å²) in [5.41, 5.74) is 1.43. The number of morpholine rings is 1. The molecule has 184 valence electrons. The lowest BCUT2D eigenvalue weighted by molar-refractivity contribution is -0.116. The van der Waals surface area contributed by atoms with Crippen molar-refractivity contribution in [2.24, 2.45) is 0 Å². The Balaban J connectivity index is 1.51. The zero-order valence-electron chi connectivity index (χ0n) is 19.0. The van der Waals surface area contributed by atoms with Crippen LogP contribution in [0.15, 0.2) is 47.4 Å². The lowest BCUT2D eigenvalue weighted by Gasteiger charge is -2.26. The van der Waals surface area contributed by atoms with Crippen molar-refractivity contribution in [2.75, 3.05) is 50.1 Å². The molecule has 0 radical (unpaired) electrons. The molecule has 2 fully saturated rings. The number of aryl methyl sites for hydroxylation is 1. The second-order valence-corrected chi connectivity index (χ2v) is 10.3. The van der Waals surface area contributed by atoms with Crippen LogP contribution >= 0.6 is 0 Å². The van der Waals surface area contributed by atoms with E-state index in [4.69, 9.17) is 9.47 Å². The van der Waals surface area contributed by atoms with E-state index in [1.165, 1.54) is 22.5 Å². The van der Waals surface area contributed by atoms with E-state index < -0.39 is 10.0 Å². The van der Waals surface area contributed by atoms with Gasteiger partial charge in [-0.2, -0.15) is 4.31 Å². The van der Waals surface area contributed by atoms with Crippen molar-refractivity contribution in [3.05, 3.63) is 53.8 Å². The molecule has 2 aromatic carbocycles. The SMILES string of the molecule is O=C(CCc1ccccc1F)Nc1cc(S(=O)(=O)N2CCOCC2)ccc1NCC1CCCO1. The molecule has 0 bridgehead atoms. The molecule has 1 amide bonds. The number of amides is 1. The summed E-state index contributed by atoms with van der Waals surface area (Å²) < 4.78 is 52.5. The molecule has 0 aromatic heterocycles. The molecular formula is C24H30FN3O5S. The van der Waals surface area contributed by atoms with Gasteiger partial charge < -0.3 is 20.1 Å². The molecule has 2 N–H and O–H groups in total. The van der Waals surface area contributed by atoms with Crippen LogP contribution in [0.1, 0.15) is 24.8 Å². The number of hydrogen-bond donors (Lipinski definition) is 2. The number of sulfonamides is 1. The normalized spacial score (nSPS) is 19.1. The molecule has 0 aliphatic carbocycles. The van der Waals surface area contributed by atoms with Crippen molar-refractivity contribution in [1.82, 2.24) is 4.31 Å². The minimum absolute atomic E-state index is 0.0621. The fraction of sp³-hybridized carbons (Fsp3) is 0.458. The number of halogens is 1. The largest absolute Gasteiger partial charge is 0.381 e. The number of benzene rings is 2. The molecule has 34 heavy (non-hydrogen) atoms. The summed E-state index contributed by atoms with van der Waals surface area (Å²) in [5, 5.41) is 6.09. The maximum atomic E-state index is 13.9. The summed E-state index contributed by atoms with van der Waals surface area (Å²) in [7, 11) is -3.73. The van der Waals surface area contributed by atoms with Gasteiger partial charge in [-0.05, 0) is 49.1 Å². The molecule has 2 aliphatic heterocycles. The van der Waals surface area contributed by atoms with Crippen LogP contribution in [0.5, 0.6) is 0 Å². The standard InChI is InChI=1S/C24H30FN3O5S/c25-21-6-2-1-4-18(21)7-10-24(29)27-23-16-20(34(30,31)28-11-14-32-15-12-28)8-9-22(23)26-17-19-5-3-13-33-19/h1-2,4,6,8-9,16,19,26H,3,5,7,10-15,17H2,(H,27,29). The van der Waals surface area contributed by atoms with Crippen molar-refractivity contribution in [3.8, 4) is 0 Å². The second-order valence-electron chi connectivity index (χ2n) is 8.38. The Morgan fingerprint density at radius 3 is 2.62 bits per heavy atom. The summed E-state index contributed by atoms with van der Waals surface area (Å²) in [4.78, 5) is 12.8. The molecule has 2 aromatic rings. The smallest absolute Gasteiger partial charge is 0.243 e. The first-order valence-corrected chi connectivity index (χ1v) is 13.0. The number of hydrogen-bond acceptors (Lipinski definition) is 6. The number of carbonyl (C=O) groups is 1. The average Bonchev–Trinajstić information content (AvgIpc) is 3.37. The first-order valence-electron chi connectivity index (χ1n) is 11.5. The highest BCUT2D eigenvalue weighted by Gasteiger charge is 2.27. The van der Waals surface area contributed by atoms with Crippen LogP contribution in [0.25, 0.3) is 0 Å². The average molecular weight is 492 g/mol. The van der Waals surface area contributed by atoms with Crippen LogP contribution in [0.2, 0.25) is 0 Å². The zero-order chi connectivity index (χ0) is 24.0. The maximum absolute atomic E-state index is 13.9. The molecule has 4 rings (SSSR count). The Bertz CT molecular complexity index is 1100. The summed E-state index contributed by atoms with van der Waals surface area (Å²) in [6.45, 7) is 2.54. The van der Waals surface area contributed by atoms with Crippen LogP contribution in [-0.4, -0.2) is 64.2 Å². The van der Waals surface area contributed by atoms with Crippen LogP contribution in [0.3, 0.4) is 0 Å². The molecule has 1 unspecified atom stereocenters. The highest BCUT2D eigenvalue weighted by molar-refractivity contribution is 7.89. The van der Waals surface area contributed by atoms with E-state index in [1.807, 2.05) is 0 Å². The molecule has 2 saturated heterocycles. The highest BCUT2D eigenvalue weighted by Crippen LogP contribution is 2.29. The number of ether oxygens (including phenoxy) is 2. The molecule has 0 spiro atoms. The Morgan fingerprint density at radius 2 is 1.88 bits per heavy atom. The predicted octanol–water partition coefficient (Wildman–Crippen LogP) is 3.01. The maximum Gasteiger partial charge on any atom is 0.243 e. The molecule has 10 heteroatoms. The Morgan fingerprint density at radius 1 is 1.09 bits per heavy atom. The minimum atomic E-state index is -3.73. The van der Waals surface area contributed by atoms with E-state index in [0.29, 0.717) is 36.7 Å². The molecule has 2 heterocycles. The third-order valence-electron chi connectivity index (χ3n) is 6.00. The van der Waals surface area contributed by atoms with Gasteiger partial charge in [0.05, 0.1) is 35.6 Å². The van der Waals surface area contributed by atoms with E-state index in [-0.39, 0.29) is 48.7 Å². The first kappa shape index (κ1) is 24.6. The second kappa shape index (κ2) is 11.3. The van der Waals surface area contributed by atoms with Gasteiger partial charge in [0.25, 0.3) is 0 Å². The van der Waals surface area contributed by atoms with Crippen molar-refractivity contribution in [2.45, 2.75) is 36.7 Å². The van der Waals surface area contributed by atoms with Gasteiger partial charge in [0.15, 0.2) is 0 Å². The molecular weight excluding hydrogens is 461 g/mol. The molecule has 8 nitrogen and oxygen atoms in total. The van der Waals surface area contributed by atoms with Gasteiger partial charge in [-0.25, -0.2) is 12.8 Å². The van der Waals surface area contributed by atoms with Crippen molar-refractivity contribution in [3.63, 3.8) is 0 Å². The van der Waals surface area contributed by atoms with E-state index in [1.54, 1.807) is 24.3 Å². The molecule has 2 aliphatic rings. The lowest BCUT2D eigenvalue weighted by atomic mass is 10.1. The highest BCUT2D eigenvalue weighted by atomic mass is 32.2. The number of anilines is 2. The van der Waals surface area contributed by atoms with Crippen LogP contribution in [0.4, 0.5) is 15.8 Å². The third-order valence-corrected chi connectivity index (χ3v) is 7.89. The minimum Gasteiger partial charge on any atom is -0.381 e. The summed E-state index contributed by atoms with van der Waals surface area (Å²) in [6.07, 6.45) is 2.32. The van der Waals surface area contributed by atoms with Gasteiger partial charge in [-0.3, -0.25) is 4.79 Å². The number of nitrogens with zero attached hydrogens (tertiary/aromatic N) is 1. The predicted molar refractivity (Wildman–Crippen MR) is 127 cm³/mol. The first-order chi connectivity index (χ1) is 16.4. The number of rotatable bonds is 9. The fourth-order valence-corrected chi connectivity index (χ4v) is 5.50. The topological polar surface area (TPSA) is 97.0 Å². The quantitative estimate of drug-likeness (QED) is 0.560. The van der Waals surface area contributed by atoms with Crippen molar-refractivity contribution in [1.29, 1.82) is 0 Å². The van der Waals surface area contributed by atoms with Crippen molar-refractivity contribution >= 4 is 27.3 Å². The molecule has 0 saturated carbocycles. The van der Waals surface area contributed by atoms with Crippen LogP contribution in [-0.2, 0) is 30.7 Å². The number of nitrogens with one attached hydrogen (secondary N) is 2. The Kier molecular flexibility index (Phi) is 8.15. The van der Waals surface area contributed by atoms with Gasteiger partial charge >= 0.3 is 0 Å². The van der Waals surface area contributed by atoms with E-state index in [0.717, 1.165) is 19.4 Å². The van der Waals surface area contributed by atoms with Gasteiger partial charge in [-0.15, -0.1) is 0 Å². The molecule has 1 atom stereocenters. The fourth-order valence-electron chi connectivity index (χ4n) is 4.07. The van der Waals surface area contributed by atoms with Gasteiger partial charge in [0.2, 0.25) is 15.9 Å².